The summed E-state index contributed by atoms with van der Waals surface area (Å²) in [5.41, 5.74) is 6.76. The molecule has 0 spiro atoms. The summed E-state index contributed by atoms with van der Waals surface area (Å²) in [5, 5.41) is 8.93. The van der Waals surface area contributed by atoms with Gasteiger partial charge in [0.1, 0.15) is 5.69 Å². The molecule has 1 aromatic carbocycles. The number of H-pyrrole nitrogens is 1. The summed E-state index contributed by atoms with van der Waals surface area (Å²) in [4.78, 5) is 22.5. The topological polar surface area (TPSA) is 101 Å². The molecule has 3 heterocycles. The second kappa shape index (κ2) is 8.30. The zero-order chi connectivity index (χ0) is 20.1. The van der Waals surface area contributed by atoms with E-state index in [1.54, 1.807) is 25.5 Å². The molecule has 0 amide bonds. The summed E-state index contributed by atoms with van der Waals surface area (Å²) in [6, 6.07) is 15.3. The SMILES string of the molecule is Cc1cc(=O)[nH]c(N/N=C\c2cn(Cc3ccccc3)nc2-c2cccnc2)n1. The minimum absolute atomic E-state index is 0.234. The first-order valence-corrected chi connectivity index (χ1v) is 9.06. The van der Waals surface area contributed by atoms with Gasteiger partial charge < -0.3 is 0 Å². The lowest BCUT2D eigenvalue weighted by Crippen LogP contribution is -2.10. The van der Waals surface area contributed by atoms with Crippen molar-refractivity contribution in [3.05, 3.63) is 94.3 Å². The molecule has 8 nitrogen and oxygen atoms in total. The molecule has 2 N–H and O–H groups in total. The molecule has 3 aromatic heterocycles. The van der Waals surface area contributed by atoms with E-state index in [1.807, 2.05) is 41.2 Å². The fourth-order valence-corrected chi connectivity index (χ4v) is 2.90. The molecule has 0 unspecified atom stereocenters. The van der Waals surface area contributed by atoms with Crippen LogP contribution in [0, 0.1) is 6.92 Å². The van der Waals surface area contributed by atoms with E-state index in [0.717, 1.165) is 22.4 Å². The van der Waals surface area contributed by atoms with Crippen LogP contribution in [0.25, 0.3) is 11.3 Å². The number of hydrogen-bond acceptors (Lipinski definition) is 6. The van der Waals surface area contributed by atoms with Gasteiger partial charge in [0.25, 0.3) is 5.56 Å². The Balaban J connectivity index is 1.62. The van der Waals surface area contributed by atoms with Gasteiger partial charge in [0.2, 0.25) is 5.95 Å². The smallest absolute Gasteiger partial charge is 0.252 e. The molecule has 29 heavy (non-hydrogen) atoms. The van der Waals surface area contributed by atoms with E-state index in [-0.39, 0.29) is 11.5 Å². The summed E-state index contributed by atoms with van der Waals surface area (Å²) < 4.78 is 1.87. The molecule has 4 rings (SSSR count). The van der Waals surface area contributed by atoms with E-state index in [4.69, 9.17) is 5.10 Å². The fourth-order valence-electron chi connectivity index (χ4n) is 2.90. The Bertz CT molecular complexity index is 1180. The lowest BCUT2D eigenvalue weighted by Gasteiger charge is -2.01. The average molecular weight is 385 g/mol. The number of nitrogens with zero attached hydrogens (tertiary/aromatic N) is 5. The highest BCUT2D eigenvalue weighted by Gasteiger charge is 2.10. The second-order valence-corrected chi connectivity index (χ2v) is 6.46. The van der Waals surface area contributed by atoms with Gasteiger partial charge in [0.15, 0.2) is 0 Å². The molecule has 0 aliphatic heterocycles. The predicted molar refractivity (Wildman–Crippen MR) is 112 cm³/mol. The highest BCUT2D eigenvalue weighted by atomic mass is 16.1. The van der Waals surface area contributed by atoms with Crippen LogP contribution in [0.2, 0.25) is 0 Å². The summed E-state index contributed by atoms with van der Waals surface area (Å²) in [7, 11) is 0. The first kappa shape index (κ1) is 18.3. The van der Waals surface area contributed by atoms with E-state index in [9.17, 15) is 4.79 Å². The molecular weight excluding hydrogens is 366 g/mol. The summed E-state index contributed by atoms with van der Waals surface area (Å²) in [6.45, 7) is 2.39. The summed E-state index contributed by atoms with van der Waals surface area (Å²) >= 11 is 0. The van der Waals surface area contributed by atoms with E-state index in [0.29, 0.717) is 12.2 Å². The summed E-state index contributed by atoms with van der Waals surface area (Å²) in [6.07, 6.45) is 7.06. The van der Waals surface area contributed by atoms with E-state index >= 15 is 0 Å². The number of aromatic nitrogens is 5. The van der Waals surface area contributed by atoms with Crippen LogP contribution in [-0.4, -0.2) is 30.9 Å². The van der Waals surface area contributed by atoms with Crippen LogP contribution < -0.4 is 11.0 Å². The number of anilines is 1. The number of aryl methyl sites for hydroxylation is 1. The highest BCUT2D eigenvalue weighted by molar-refractivity contribution is 5.88. The van der Waals surface area contributed by atoms with Crippen molar-refractivity contribution in [1.29, 1.82) is 0 Å². The van der Waals surface area contributed by atoms with Crippen LogP contribution in [-0.2, 0) is 6.54 Å². The minimum Gasteiger partial charge on any atom is -0.291 e. The van der Waals surface area contributed by atoms with Gasteiger partial charge in [-0.05, 0) is 24.6 Å². The van der Waals surface area contributed by atoms with E-state index in [2.05, 4.69) is 37.6 Å². The molecule has 4 aromatic rings. The number of hydrogen-bond donors (Lipinski definition) is 2. The lowest BCUT2D eigenvalue weighted by atomic mass is 10.1. The Kier molecular flexibility index (Phi) is 5.24. The zero-order valence-corrected chi connectivity index (χ0v) is 15.8. The minimum atomic E-state index is -0.234. The van der Waals surface area contributed by atoms with Gasteiger partial charge in [-0.2, -0.15) is 10.2 Å². The van der Waals surface area contributed by atoms with Crippen LogP contribution in [0.1, 0.15) is 16.8 Å². The van der Waals surface area contributed by atoms with Crippen molar-refractivity contribution in [3.8, 4) is 11.3 Å². The fraction of sp³-hybridized carbons (Fsp3) is 0.0952. The van der Waals surface area contributed by atoms with Crippen molar-refractivity contribution >= 4 is 12.2 Å². The third-order valence-electron chi connectivity index (χ3n) is 4.16. The standard InChI is InChI=1S/C21H19N7O/c1-15-10-19(29)25-21(24-15)26-23-12-18-14-28(13-16-6-3-2-4-7-16)27-20(18)17-8-5-9-22-11-17/h2-12,14H,13H2,1H3,(H2,24,25,26,29)/b23-12-. The van der Waals surface area contributed by atoms with Gasteiger partial charge in [-0.3, -0.25) is 19.4 Å². The summed E-state index contributed by atoms with van der Waals surface area (Å²) in [5.74, 6) is 0.283. The van der Waals surface area contributed by atoms with Gasteiger partial charge in [-0.15, -0.1) is 0 Å². The van der Waals surface area contributed by atoms with Crippen LogP contribution in [0.5, 0.6) is 0 Å². The Morgan fingerprint density at radius 2 is 2.07 bits per heavy atom. The third kappa shape index (κ3) is 4.62. The number of aromatic amines is 1. The van der Waals surface area contributed by atoms with Crippen molar-refractivity contribution in [3.63, 3.8) is 0 Å². The molecule has 0 saturated heterocycles. The zero-order valence-electron chi connectivity index (χ0n) is 15.8. The molecule has 0 aliphatic rings. The van der Waals surface area contributed by atoms with Gasteiger partial charge in [0.05, 0.1) is 12.8 Å². The number of hydrazone groups is 1. The van der Waals surface area contributed by atoms with E-state index in [1.165, 1.54) is 6.07 Å². The first-order valence-electron chi connectivity index (χ1n) is 9.06. The maximum absolute atomic E-state index is 11.6. The Morgan fingerprint density at radius 3 is 2.83 bits per heavy atom. The quantitative estimate of drug-likeness (QED) is 0.393. The molecule has 144 valence electrons. The van der Waals surface area contributed by atoms with Crippen molar-refractivity contribution in [2.75, 3.05) is 5.43 Å². The predicted octanol–water partition coefficient (Wildman–Crippen LogP) is 2.83. The van der Waals surface area contributed by atoms with E-state index < -0.39 is 0 Å². The van der Waals surface area contributed by atoms with Crippen molar-refractivity contribution < 1.29 is 0 Å². The average Bonchev–Trinajstić information content (AvgIpc) is 3.11. The maximum atomic E-state index is 11.6. The molecule has 0 atom stereocenters. The second-order valence-electron chi connectivity index (χ2n) is 6.46. The molecule has 0 radical (unpaired) electrons. The number of pyridine rings is 1. The third-order valence-corrected chi connectivity index (χ3v) is 4.16. The van der Waals surface area contributed by atoms with Crippen LogP contribution >= 0.6 is 0 Å². The Hall–Kier alpha value is -4.07. The van der Waals surface area contributed by atoms with Crippen molar-refractivity contribution in [2.24, 2.45) is 5.10 Å². The normalized spacial score (nSPS) is 11.1. The van der Waals surface area contributed by atoms with Gasteiger partial charge in [-0.25, -0.2) is 10.4 Å². The van der Waals surface area contributed by atoms with Crippen LogP contribution in [0.3, 0.4) is 0 Å². The molecular formula is C21H19N7O. The molecule has 0 aliphatic carbocycles. The van der Waals surface area contributed by atoms with Crippen LogP contribution in [0.4, 0.5) is 5.95 Å². The lowest BCUT2D eigenvalue weighted by molar-refractivity contribution is 0.689. The largest absolute Gasteiger partial charge is 0.291 e. The Labute approximate surface area is 167 Å². The Morgan fingerprint density at radius 1 is 1.21 bits per heavy atom. The van der Waals surface area contributed by atoms with Crippen molar-refractivity contribution in [1.82, 2.24) is 24.7 Å². The number of benzene rings is 1. The number of rotatable bonds is 6. The monoisotopic (exact) mass is 385 g/mol. The van der Waals surface area contributed by atoms with Gasteiger partial charge >= 0.3 is 0 Å². The highest BCUT2D eigenvalue weighted by Crippen LogP contribution is 2.20. The number of nitrogens with one attached hydrogen (secondary N) is 2. The van der Waals surface area contributed by atoms with Gasteiger partial charge in [-0.1, -0.05) is 30.3 Å². The molecule has 0 fully saturated rings. The van der Waals surface area contributed by atoms with Crippen molar-refractivity contribution in [2.45, 2.75) is 13.5 Å². The van der Waals surface area contributed by atoms with Crippen LogP contribution in [0.15, 0.2) is 77.0 Å². The van der Waals surface area contributed by atoms with Gasteiger partial charge in [0, 0.05) is 41.5 Å². The first-order chi connectivity index (χ1) is 14.2. The maximum Gasteiger partial charge on any atom is 0.252 e. The molecule has 0 saturated carbocycles. The molecule has 8 heteroatoms. The molecule has 0 bridgehead atoms.